The molecule has 0 spiro atoms. The molecule has 2 amide bonds. The zero-order valence-corrected chi connectivity index (χ0v) is 25.7. The van der Waals surface area contributed by atoms with Crippen LogP contribution in [0, 0.1) is 6.92 Å². The number of hydrogen-bond acceptors (Lipinski definition) is 4. The molecule has 11 heteroatoms. The van der Waals surface area contributed by atoms with Crippen LogP contribution in [0.15, 0.2) is 114 Å². The Morgan fingerprint density at radius 3 is 2.07 bits per heavy atom. The second kappa shape index (κ2) is 14.4. The fourth-order valence-electron chi connectivity index (χ4n) is 4.94. The topological polar surface area (TPSA) is 86.8 Å². The molecule has 4 aromatic carbocycles. The molecule has 4 aromatic rings. The molecule has 0 aliphatic heterocycles. The summed E-state index contributed by atoms with van der Waals surface area (Å²) >= 11 is 0. The summed E-state index contributed by atoms with van der Waals surface area (Å²) in [6, 6.07) is 26.3. The van der Waals surface area contributed by atoms with Crippen molar-refractivity contribution in [3.8, 4) is 0 Å². The maximum atomic E-state index is 14.3. The average Bonchev–Trinajstić information content (AvgIpc) is 3.02. The summed E-state index contributed by atoms with van der Waals surface area (Å²) in [4.78, 5) is 28.9. The fourth-order valence-corrected chi connectivity index (χ4v) is 6.37. The van der Waals surface area contributed by atoms with E-state index in [1.165, 1.54) is 35.2 Å². The molecule has 1 atom stereocenters. The van der Waals surface area contributed by atoms with Crippen molar-refractivity contribution in [2.24, 2.45) is 0 Å². The lowest BCUT2D eigenvalue weighted by Gasteiger charge is -2.34. The number of carbonyl (C=O) groups is 2. The number of likely N-dealkylation sites (N-methyl/N-ethyl adjacent to an activating group) is 1. The summed E-state index contributed by atoms with van der Waals surface area (Å²) in [7, 11) is -4.52. The predicted octanol–water partition coefficient (Wildman–Crippen LogP) is 5.99. The Hall–Kier alpha value is -4.64. The Bertz CT molecular complexity index is 1720. The molecule has 1 unspecified atom stereocenters. The number of anilines is 1. The third kappa shape index (κ3) is 8.51. The van der Waals surface area contributed by atoms with Gasteiger partial charge in [-0.15, -0.1) is 0 Å². The van der Waals surface area contributed by atoms with Gasteiger partial charge in [0, 0.05) is 19.5 Å². The minimum Gasteiger partial charge on any atom is -0.355 e. The molecule has 1 N–H and O–H groups in total. The van der Waals surface area contributed by atoms with Gasteiger partial charge in [0.2, 0.25) is 11.8 Å². The number of sulfonamides is 1. The van der Waals surface area contributed by atoms with E-state index in [2.05, 4.69) is 5.32 Å². The van der Waals surface area contributed by atoms with Gasteiger partial charge in [-0.3, -0.25) is 13.9 Å². The van der Waals surface area contributed by atoms with Crippen molar-refractivity contribution < 1.29 is 31.2 Å². The smallest absolute Gasteiger partial charge is 0.355 e. The first-order valence-corrected chi connectivity index (χ1v) is 15.8. The van der Waals surface area contributed by atoms with Crippen molar-refractivity contribution in [2.45, 2.75) is 43.9 Å². The highest BCUT2D eigenvalue weighted by Crippen LogP contribution is 2.33. The molecule has 0 bridgehead atoms. The van der Waals surface area contributed by atoms with Crippen LogP contribution in [0.5, 0.6) is 0 Å². The Morgan fingerprint density at radius 1 is 0.822 bits per heavy atom. The second-order valence-corrected chi connectivity index (χ2v) is 12.3. The molecular weight excluding hydrogens is 603 g/mol. The van der Waals surface area contributed by atoms with Crippen molar-refractivity contribution >= 4 is 27.5 Å². The quantitative estimate of drug-likeness (QED) is 0.207. The maximum absolute atomic E-state index is 14.3. The first-order chi connectivity index (χ1) is 21.4. The molecule has 0 radical (unpaired) electrons. The van der Waals surface area contributed by atoms with E-state index in [1.807, 2.05) is 37.3 Å². The van der Waals surface area contributed by atoms with Gasteiger partial charge in [0.1, 0.15) is 12.6 Å². The van der Waals surface area contributed by atoms with E-state index >= 15 is 0 Å². The van der Waals surface area contributed by atoms with E-state index < -0.39 is 46.2 Å². The number of nitrogens with zero attached hydrogens (tertiary/aromatic N) is 2. The Balaban J connectivity index is 1.83. The number of benzene rings is 4. The summed E-state index contributed by atoms with van der Waals surface area (Å²) < 4.78 is 69.7. The van der Waals surface area contributed by atoms with Crippen LogP contribution < -0.4 is 9.62 Å². The van der Waals surface area contributed by atoms with E-state index in [9.17, 15) is 31.2 Å². The fraction of sp³-hybridized carbons (Fsp3) is 0.235. The molecule has 0 saturated heterocycles. The van der Waals surface area contributed by atoms with Gasteiger partial charge in [0.15, 0.2) is 0 Å². The third-order valence-corrected chi connectivity index (χ3v) is 8.92. The first-order valence-electron chi connectivity index (χ1n) is 14.3. The van der Waals surface area contributed by atoms with Crippen molar-refractivity contribution in [3.63, 3.8) is 0 Å². The van der Waals surface area contributed by atoms with E-state index in [0.29, 0.717) is 15.9 Å². The Kier molecular flexibility index (Phi) is 10.7. The summed E-state index contributed by atoms with van der Waals surface area (Å²) in [6.45, 7) is 3.01. The van der Waals surface area contributed by atoms with E-state index in [1.54, 1.807) is 37.3 Å². The number of amides is 2. The number of hydrogen-bond donors (Lipinski definition) is 1. The number of aryl methyl sites for hydroxylation is 1. The van der Waals surface area contributed by atoms with Crippen LogP contribution in [0.2, 0.25) is 0 Å². The van der Waals surface area contributed by atoms with Crippen LogP contribution >= 0.6 is 0 Å². The van der Waals surface area contributed by atoms with Crippen LogP contribution in [-0.4, -0.2) is 44.3 Å². The molecule has 0 aliphatic carbocycles. The molecule has 4 rings (SSSR count). The summed E-state index contributed by atoms with van der Waals surface area (Å²) in [5, 5.41) is 2.77. The number of nitrogens with one attached hydrogen (secondary N) is 1. The Labute approximate surface area is 261 Å². The van der Waals surface area contributed by atoms with Gasteiger partial charge in [-0.25, -0.2) is 8.42 Å². The van der Waals surface area contributed by atoms with Gasteiger partial charge >= 0.3 is 6.18 Å². The molecular formula is C34H34F3N3O4S. The minimum absolute atomic E-state index is 0.0447. The maximum Gasteiger partial charge on any atom is 0.416 e. The third-order valence-electron chi connectivity index (χ3n) is 7.13. The Morgan fingerprint density at radius 2 is 1.44 bits per heavy atom. The molecule has 0 saturated carbocycles. The average molecular weight is 638 g/mol. The van der Waals surface area contributed by atoms with Gasteiger partial charge in [0.05, 0.1) is 16.1 Å². The lowest BCUT2D eigenvalue weighted by Crippen LogP contribution is -2.53. The number of alkyl halides is 3. The lowest BCUT2D eigenvalue weighted by molar-refractivity contribution is -0.140. The van der Waals surface area contributed by atoms with Crippen LogP contribution in [0.1, 0.15) is 29.2 Å². The first kappa shape index (κ1) is 33.3. The number of rotatable bonds is 12. The molecule has 236 valence electrons. The summed E-state index contributed by atoms with van der Waals surface area (Å²) in [6.07, 6.45) is -4.63. The van der Waals surface area contributed by atoms with Crippen LogP contribution in [0.25, 0.3) is 0 Å². The van der Waals surface area contributed by atoms with Crippen LogP contribution in [0.4, 0.5) is 18.9 Å². The van der Waals surface area contributed by atoms with Gasteiger partial charge in [-0.1, -0.05) is 84.4 Å². The van der Waals surface area contributed by atoms with Gasteiger partial charge < -0.3 is 10.2 Å². The largest absolute Gasteiger partial charge is 0.416 e. The van der Waals surface area contributed by atoms with E-state index in [0.717, 1.165) is 23.3 Å². The highest BCUT2D eigenvalue weighted by atomic mass is 32.2. The minimum atomic E-state index is -4.75. The standard InChI is InChI=1S/C34H34F3N3O4S/c1-3-38-33(42)31(21-26-13-6-4-7-14-26)39(23-27-15-10-12-25(2)20-27)32(41)24-40(45(43,44)30-18-8-5-9-19-30)29-17-11-16-28(22-29)34(35,36)37/h4-20,22,31H,3,21,23-24H2,1-2H3,(H,38,42). The van der Waals surface area contributed by atoms with E-state index in [-0.39, 0.29) is 30.1 Å². The number of carbonyl (C=O) groups excluding carboxylic acids is 2. The molecule has 0 fully saturated rings. The van der Waals surface area contributed by atoms with Crippen molar-refractivity contribution in [3.05, 3.63) is 131 Å². The van der Waals surface area contributed by atoms with Gasteiger partial charge in [-0.05, 0) is 55.3 Å². The molecule has 0 aliphatic rings. The van der Waals surface area contributed by atoms with Gasteiger partial charge in [0.25, 0.3) is 10.0 Å². The monoisotopic (exact) mass is 637 g/mol. The molecule has 0 heterocycles. The van der Waals surface area contributed by atoms with E-state index in [4.69, 9.17) is 0 Å². The normalized spacial score (nSPS) is 12.3. The van der Waals surface area contributed by atoms with Crippen LogP contribution in [0.3, 0.4) is 0 Å². The highest BCUT2D eigenvalue weighted by molar-refractivity contribution is 7.92. The summed E-state index contributed by atoms with van der Waals surface area (Å²) in [5.74, 6) is -1.21. The highest BCUT2D eigenvalue weighted by Gasteiger charge is 2.36. The van der Waals surface area contributed by atoms with Crippen molar-refractivity contribution in [2.75, 3.05) is 17.4 Å². The number of halogens is 3. The van der Waals surface area contributed by atoms with Crippen molar-refractivity contribution in [1.29, 1.82) is 0 Å². The summed E-state index contributed by atoms with van der Waals surface area (Å²) in [5.41, 5.74) is 0.969. The van der Waals surface area contributed by atoms with Crippen molar-refractivity contribution in [1.82, 2.24) is 10.2 Å². The SMILES string of the molecule is CCNC(=O)C(Cc1ccccc1)N(Cc1cccc(C)c1)C(=O)CN(c1cccc(C(F)(F)F)c1)S(=O)(=O)c1ccccc1. The van der Waals surface area contributed by atoms with Crippen LogP contribution in [-0.2, 0) is 38.8 Å². The molecule has 0 aromatic heterocycles. The lowest BCUT2D eigenvalue weighted by atomic mass is 10.0. The zero-order chi connectivity index (χ0) is 32.6. The molecule has 7 nitrogen and oxygen atoms in total. The zero-order valence-electron chi connectivity index (χ0n) is 24.9. The predicted molar refractivity (Wildman–Crippen MR) is 167 cm³/mol. The second-order valence-electron chi connectivity index (χ2n) is 10.5. The van der Waals surface area contributed by atoms with Gasteiger partial charge in [-0.2, -0.15) is 13.2 Å². The molecule has 45 heavy (non-hydrogen) atoms.